The molecule has 0 radical (unpaired) electrons. The van der Waals surface area contributed by atoms with Crippen LogP contribution >= 0.6 is 0 Å². The molecule has 0 bridgehead atoms. The maximum atomic E-state index is 3.74. The Hall–Kier alpha value is -0.900. The van der Waals surface area contributed by atoms with E-state index in [9.17, 15) is 0 Å². The highest BCUT2D eigenvalue weighted by molar-refractivity contribution is 5.18. The van der Waals surface area contributed by atoms with Crippen LogP contribution in [0.1, 0.15) is 24.9 Å². The average molecular weight is 261 g/mol. The molecule has 1 heterocycles. The van der Waals surface area contributed by atoms with Crippen LogP contribution in [-0.2, 0) is 0 Å². The molecule has 1 aromatic rings. The zero-order chi connectivity index (χ0) is 13.7. The van der Waals surface area contributed by atoms with Gasteiger partial charge in [-0.15, -0.1) is 0 Å². The maximum Gasteiger partial charge on any atom is 0.0345 e. The molecule has 3 heteroatoms. The lowest BCUT2D eigenvalue weighted by Crippen LogP contribution is -2.54. The quantitative estimate of drug-likeness (QED) is 0.874. The van der Waals surface area contributed by atoms with E-state index < -0.39 is 0 Å². The predicted octanol–water partition coefficient (Wildman–Crippen LogP) is 1.97. The molecule has 0 amide bonds. The molecule has 1 saturated heterocycles. The summed E-state index contributed by atoms with van der Waals surface area (Å²) in [6.07, 6.45) is 1.14. The van der Waals surface area contributed by atoms with E-state index in [4.69, 9.17) is 0 Å². The molecular weight excluding hydrogens is 234 g/mol. The molecule has 1 aliphatic heterocycles. The first kappa shape index (κ1) is 14.5. The third-order valence-corrected chi connectivity index (χ3v) is 4.19. The Morgan fingerprint density at radius 2 is 1.95 bits per heavy atom. The van der Waals surface area contributed by atoms with Gasteiger partial charge < -0.3 is 10.2 Å². The summed E-state index contributed by atoms with van der Waals surface area (Å²) in [5.41, 5.74) is 1.40. The molecule has 0 spiro atoms. The summed E-state index contributed by atoms with van der Waals surface area (Å²) in [4.78, 5) is 4.90. The van der Waals surface area contributed by atoms with Crippen LogP contribution in [-0.4, -0.2) is 56.1 Å². The van der Waals surface area contributed by atoms with Crippen molar-refractivity contribution in [1.29, 1.82) is 0 Å². The molecule has 1 aromatic carbocycles. The summed E-state index contributed by atoms with van der Waals surface area (Å²) in [6, 6.07) is 11.9. The minimum Gasteiger partial charge on any atom is -0.308 e. The number of nitrogens with zero attached hydrogens (tertiary/aromatic N) is 2. The molecule has 0 aliphatic carbocycles. The predicted molar refractivity (Wildman–Crippen MR) is 81.4 cm³/mol. The van der Waals surface area contributed by atoms with Crippen molar-refractivity contribution in [3.63, 3.8) is 0 Å². The third kappa shape index (κ3) is 4.03. The van der Waals surface area contributed by atoms with Gasteiger partial charge in [0, 0.05) is 38.3 Å². The molecule has 1 aliphatic rings. The second-order valence-electron chi connectivity index (χ2n) is 5.68. The van der Waals surface area contributed by atoms with Crippen molar-refractivity contribution in [2.75, 3.05) is 40.3 Å². The molecule has 0 aromatic heterocycles. The number of rotatable bonds is 5. The fraction of sp³-hybridized carbons (Fsp3) is 0.625. The van der Waals surface area contributed by atoms with Gasteiger partial charge in [0.05, 0.1) is 0 Å². The van der Waals surface area contributed by atoms with Crippen LogP contribution in [0.5, 0.6) is 0 Å². The van der Waals surface area contributed by atoms with Gasteiger partial charge in [-0.1, -0.05) is 37.3 Å². The Morgan fingerprint density at radius 1 is 1.21 bits per heavy atom. The van der Waals surface area contributed by atoms with Crippen LogP contribution in [0.25, 0.3) is 0 Å². The van der Waals surface area contributed by atoms with Crippen LogP contribution in [0.2, 0.25) is 0 Å². The van der Waals surface area contributed by atoms with Gasteiger partial charge in [0.2, 0.25) is 0 Å². The van der Waals surface area contributed by atoms with E-state index in [1.807, 2.05) is 0 Å². The molecule has 1 fully saturated rings. The lowest BCUT2D eigenvalue weighted by atomic mass is 10.0. The summed E-state index contributed by atoms with van der Waals surface area (Å²) >= 11 is 0. The number of piperazine rings is 1. The fourth-order valence-electron chi connectivity index (χ4n) is 2.78. The lowest BCUT2D eigenvalue weighted by Gasteiger charge is -2.38. The maximum absolute atomic E-state index is 3.74. The number of likely N-dealkylation sites (N-methyl/N-ethyl adjacent to an activating group) is 2. The first-order chi connectivity index (χ1) is 9.20. The zero-order valence-corrected chi connectivity index (χ0v) is 12.5. The van der Waals surface area contributed by atoms with Crippen LogP contribution < -0.4 is 5.32 Å². The Balaban J connectivity index is 1.89. The summed E-state index contributed by atoms with van der Waals surface area (Å²) < 4.78 is 0. The lowest BCUT2D eigenvalue weighted by molar-refractivity contribution is 0.111. The second kappa shape index (κ2) is 7.04. The van der Waals surface area contributed by atoms with Gasteiger partial charge in [0.25, 0.3) is 0 Å². The van der Waals surface area contributed by atoms with Crippen molar-refractivity contribution >= 4 is 0 Å². The third-order valence-electron chi connectivity index (χ3n) is 4.19. The fourth-order valence-corrected chi connectivity index (χ4v) is 2.78. The molecule has 0 saturated carbocycles. The van der Waals surface area contributed by atoms with E-state index in [0.717, 1.165) is 19.5 Å². The SMILES string of the molecule is CCC(NCC1CN(C)CCN1C)c1ccccc1. The summed E-state index contributed by atoms with van der Waals surface area (Å²) in [5, 5.41) is 3.74. The highest BCUT2D eigenvalue weighted by Gasteiger charge is 2.22. The average Bonchev–Trinajstić information content (AvgIpc) is 2.44. The molecule has 2 rings (SSSR count). The highest BCUT2D eigenvalue weighted by Crippen LogP contribution is 2.16. The molecule has 3 nitrogen and oxygen atoms in total. The van der Waals surface area contributed by atoms with Crippen LogP contribution in [0.4, 0.5) is 0 Å². The van der Waals surface area contributed by atoms with Crippen molar-refractivity contribution in [1.82, 2.24) is 15.1 Å². The Labute approximate surface area is 117 Å². The van der Waals surface area contributed by atoms with E-state index >= 15 is 0 Å². The molecular formula is C16H27N3. The first-order valence-corrected chi connectivity index (χ1v) is 7.37. The largest absolute Gasteiger partial charge is 0.308 e. The molecule has 2 atom stereocenters. The van der Waals surface area contributed by atoms with Crippen molar-refractivity contribution in [2.24, 2.45) is 0 Å². The Morgan fingerprint density at radius 3 is 2.63 bits per heavy atom. The Kier molecular flexibility index (Phi) is 5.37. The summed E-state index contributed by atoms with van der Waals surface area (Å²) in [6.45, 7) is 6.83. The van der Waals surface area contributed by atoms with E-state index in [0.29, 0.717) is 12.1 Å². The molecule has 19 heavy (non-hydrogen) atoms. The van der Waals surface area contributed by atoms with Gasteiger partial charge in [-0.2, -0.15) is 0 Å². The van der Waals surface area contributed by atoms with Gasteiger partial charge in [-0.25, -0.2) is 0 Å². The highest BCUT2D eigenvalue weighted by atomic mass is 15.3. The zero-order valence-electron chi connectivity index (χ0n) is 12.5. The Bertz CT molecular complexity index is 366. The van der Waals surface area contributed by atoms with Gasteiger partial charge in [0.1, 0.15) is 0 Å². The monoisotopic (exact) mass is 261 g/mol. The van der Waals surface area contributed by atoms with Gasteiger partial charge in [0.15, 0.2) is 0 Å². The van der Waals surface area contributed by atoms with Crippen molar-refractivity contribution in [2.45, 2.75) is 25.4 Å². The normalized spacial score (nSPS) is 23.4. The standard InChI is InChI=1S/C16H27N3/c1-4-16(14-8-6-5-7-9-14)17-12-15-13-18(2)10-11-19(15)3/h5-9,15-17H,4,10-13H2,1-3H3. The van der Waals surface area contributed by atoms with E-state index in [-0.39, 0.29) is 0 Å². The topological polar surface area (TPSA) is 18.5 Å². The second-order valence-corrected chi connectivity index (χ2v) is 5.68. The number of benzene rings is 1. The van der Waals surface area contributed by atoms with Gasteiger partial charge in [-0.05, 0) is 26.1 Å². The molecule has 2 unspecified atom stereocenters. The van der Waals surface area contributed by atoms with Crippen molar-refractivity contribution in [3.05, 3.63) is 35.9 Å². The summed E-state index contributed by atoms with van der Waals surface area (Å²) in [5.74, 6) is 0. The number of hydrogen-bond donors (Lipinski definition) is 1. The van der Waals surface area contributed by atoms with Gasteiger partial charge in [-0.3, -0.25) is 4.90 Å². The van der Waals surface area contributed by atoms with Crippen LogP contribution in [0.15, 0.2) is 30.3 Å². The molecule has 1 N–H and O–H groups in total. The minimum atomic E-state index is 0.474. The number of hydrogen-bond acceptors (Lipinski definition) is 3. The van der Waals surface area contributed by atoms with E-state index in [1.54, 1.807) is 0 Å². The minimum absolute atomic E-state index is 0.474. The number of nitrogens with one attached hydrogen (secondary N) is 1. The van der Waals surface area contributed by atoms with Crippen LogP contribution in [0, 0.1) is 0 Å². The summed E-state index contributed by atoms with van der Waals surface area (Å²) in [7, 11) is 4.46. The van der Waals surface area contributed by atoms with Crippen molar-refractivity contribution in [3.8, 4) is 0 Å². The first-order valence-electron chi connectivity index (χ1n) is 7.37. The van der Waals surface area contributed by atoms with Crippen molar-refractivity contribution < 1.29 is 0 Å². The van der Waals surface area contributed by atoms with Gasteiger partial charge >= 0.3 is 0 Å². The molecule has 106 valence electrons. The van der Waals surface area contributed by atoms with Crippen LogP contribution in [0.3, 0.4) is 0 Å². The van der Waals surface area contributed by atoms with E-state index in [1.165, 1.54) is 18.7 Å². The van der Waals surface area contributed by atoms with E-state index in [2.05, 4.69) is 66.5 Å². The smallest absolute Gasteiger partial charge is 0.0345 e.